The second kappa shape index (κ2) is 5.13. The quantitative estimate of drug-likeness (QED) is 0.944. The zero-order valence-corrected chi connectivity index (χ0v) is 12.0. The predicted molar refractivity (Wildman–Crippen MR) is 77.0 cm³/mol. The van der Waals surface area contributed by atoms with Crippen molar-refractivity contribution in [1.82, 2.24) is 0 Å². The molecule has 2 aromatic carbocycles. The smallest absolute Gasteiger partial charge is 0.264 e. The van der Waals surface area contributed by atoms with Crippen LogP contribution in [0.1, 0.15) is 11.1 Å². The zero-order valence-electron chi connectivity index (χ0n) is 11.2. The van der Waals surface area contributed by atoms with Crippen LogP contribution < -0.4 is 4.31 Å². The van der Waals surface area contributed by atoms with Crippen LogP contribution in [-0.2, 0) is 23.1 Å². The van der Waals surface area contributed by atoms with Crippen molar-refractivity contribution in [3.63, 3.8) is 0 Å². The Morgan fingerprint density at radius 1 is 1.14 bits per heavy atom. The van der Waals surface area contributed by atoms with Gasteiger partial charge in [0.05, 0.1) is 17.2 Å². The van der Waals surface area contributed by atoms with Crippen molar-refractivity contribution >= 4 is 15.7 Å². The van der Waals surface area contributed by atoms with Gasteiger partial charge in [0.1, 0.15) is 5.82 Å². The van der Waals surface area contributed by atoms with E-state index in [4.69, 9.17) is 5.11 Å². The predicted octanol–water partition coefficient (Wildman–Crippen LogP) is 2.07. The SMILES string of the molecule is O=S(=O)(c1ccc(CO)cc1)N1CCc2ccc(F)cc21. The van der Waals surface area contributed by atoms with Crippen molar-refractivity contribution in [3.8, 4) is 0 Å². The molecular weight excluding hydrogens is 293 g/mol. The van der Waals surface area contributed by atoms with Crippen LogP contribution in [0.25, 0.3) is 0 Å². The lowest BCUT2D eigenvalue weighted by Crippen LogP contribution is -2.29. The van der Waals surface area contributed by atoms with Crippen LogP contribution in [0.2, 0.25) is 0 Å². The summed E-state index contributed by atoms with van der Waals surface area (Å²) in [4.78, 5) is 0.136. The summed E-state index contributed by atoms with van der Waals surface area (Å²) in [7, 11) is -3.71. The number of halogens is 1. The van der Waals surface area contributed by atoms with Crippen molar-refractivity contribution in [3.05, 3.63) is 59.4 Å². The molecule has 4 nitrogen and oxygen atoms in total. The molecule has 1 N–H and O–H groups in total. The van der Waals surface area contributed by atoms with Crippen LogP contribution in [-0.4, -0.2) is 20.1 Å². The van der Waals surface area contributed by atoms with Gasteiger partial charge in [-0.15, -0.1) is 0 Å². The maximum absolute atomic E-state index is 13.4. The minimum Gasteiger partial charge on any atom is -0.392 e. The standard InChI is InChI=1S/C15H14FNO3S/c16-13-4-3-12-7-8-17(15(12)9-13)21(19,20)14-5-1-11(10-18)2-6-14/h1-6,9,18H,7-8,10H2. The molecule has 0 fully saturated rings. The summed E-state index contributed by atoms with van der Waals surface area (Å²) >= 11 is 0. The number of hydrogen-bond acceptors (Lipinski definition) is 3. The van der Waals surface area contributed by atoms with Crippen LogP contribution in [0.5, 0.6) is 0 Å². The number of sulfonamides is 1. The molecule has 0 bridgehead atoms. The highest BCUT2D eigenvalue weighted by atomic mass is 32.2. The average molecular weight is 307 g/mol. The van der Waals surface area contributed by atoms with Gasteiger partial charge in [0, 0.05) is 6.54 Å². The van der Waals surface area contributed by atoms with E-state index in [0.717, 1.165) is 5.56 Å². The molecule has 0 spiro atoms. The lowest BCUT2D eigenvalue weighted by Gasteiger charge is -2.19. The Labute approximate surface area is 122 Å². The first-order valence-corrected chi connectivity index (χ1v) is 7.97. The monoisotopic (exact) mass is 307 g/mol. The third kappa shape index (κ3) is 2.41. The maximum Gasteiger partial charge on any atom is 0.264 e. The van der Waals surface area contributed by atoms with Gasteiger partial charge < -0.3 is 5.11 Å². The van der Waals surface area contributed by atoms with Gasteiger partial charge in [0.25, 0.3) is 10.0 Å². The Hall–Kier alpha value is -1.92. The molecule has 6 heteroatoms. The lowest BCUT2D eigenvalue weighted by molar-refractivity contribution is 0.282. The molecule has 0 atom stereocenters. The molecule has 2 aromatic rings. The number of rotatable bonds is 3. The van der Waals surface area contributed by atoms with E-state index in [9.17, 15) is 12.8 Å². The third-order valence-electron chi connectivity index (χ3n) is 3.59. The van der Waals surface area contributed by atoms with Crippen molar-refractivity contribution in [1.29, 1.82) is 0 Å². The molecule has 1 aliphatic heterocycles. The molecule has 110 valence electrons. The fourth-order valence-electron chi connectivity index (χ4n) is 2.47. The van der Waals surface area contributed by atoms with E-state index in [1.54, 1.807) is 18.2 Å². The summed E-state index contributed by atoms with van der Waals surface area (Å²) in [6.45, 7) is 0.168. The highest BCUT2D eigenvalue weighted by Crippen LogP contribution is 2.33. The van der Waals surface area contributed by atoms with Gasteiger partial charge in [0.15, 0.2) is 0 Å². The van der Waals surface area contributed by atoms with Crippen LogP contribution in [0.3, 0.4) is 0 Å². The zero-order chi connectivity index (χ0) is 15.0. The molecule has 0 amide bonds. The Kier molecular flexibility index (Phi) is 3.43. The molecule has 3 rings (SSSR count). The molecule has 1 heterocycles. The first-order chi connectivity index (χ1) is 10.0. The van der Waals surface area contributed by atoms with E-state index in [2.05, 4.69) is 0 Å². The number of aliphatic hydroxyl groups is 1. The van der Waals surface area contributed by atoms with Crippen LogP contribution in [0.4, 0.5) is 10.1 Å². The Morgan fingerprint density at radius 2 is 1.86 bits per heavy atom. The fourth-order valence-corrected chi connectivity index (χ4v) is 3.96. The highest BCUT2D eigenvalue weighted by Gasteiger charge is 2.31. The number of aliphatic hydroxyl groups excluding tert-OH is 1. The van der Waals surface area contributed by atoms with Gasteiger partial charge in [-0.1, -0.05) is 18.2 Å². The Balaban J connectivity index is 2.02. The molecule has 0 unspecified atom stereocenters. The minimum absolute atomic E-state index is 0.136. The van der Waals surface area contributed by atoms with Gasteiger partial charge in [-0.05, 0) is 41.8 Å². The maximum atomic E-state index is 13.4. The average Bonchev–Trinajstić information content (AvgIpc) is 2.91. The first kappa shape index (κ1) is 14.0. The largest absolute Gasteiger partial charge is 0.392 e. The molecule has 0 saturated carbocycles. The Bertz CT molecular complexity index is 772. The second-order valence-corrected chi connectivity index (χ2v) is 6.76. The van der Waals surface area contributed by atoms with Gasteiger partial charge in [-0.3, -0.25) is 4.31 Å². The van der Waals surface area contributed by atoms with Crippen molar-refractivity contribution < 1.29 is 17.9 Å². The van der Waals surface area contributed by atoms with Crippen molar-refractivity contribution in [2.75, 3.05) is 10.8 Å². The minimum atomic E-state index is -3.71. The third-order valence-corrected chi connectivity index (χ3v) is 5.42. The van der Waals surface area contributed by atoms with Crippen LogP contribution in [0, 0.1) is 5.82 Å². The normalized spacial score (nSPS) is 14.3. The van der Waals surface area contributed by atoms with Gasteiger partial charge in [-0.2, -0.15) is 0 Å². The molecule has 0 aromatic heterocycles. The van der Waals surface area contributed by atoms with Gasteiger partial charge in [0.2, 0.25) is 0 Å². The number of anilines is 1. The molecule has 21 heavy (non-hydrogen) atoms. The number of hydrogen-bond donors (Lipinski definition) is 1. The Morgan fingerprint density at radius 3 is 2.52 bits per heavy atom. The molecule has 0 radical (unpaired) electrons. The summed E-state index contributed by atoms with van der Waals surface area (Å²) in [5, 5.41) is 9.00. The van der Waals surface area contributed by atoms with E-state index in [1.165, 1.54) is 28.6 Å². The van der Waals surface area contributed by atoms with E-state index < -0.39 is 15.8 Å². The number of nitrogens with zero attached hydrogens (tertiary/aromatic N) is 1. The highest BCUT2D eigenvalue weighted by molar-refractivity contribution is 7.92. The number of benzene rings is 2. The molecule has 0 saturated heterocycles. The molecular formula is C15H14FNO3S. The van der Waals surface area contributed by atoms with E-state index >= 15 is 0 Å². The molecule has 1 aliphatic rings. The van der Waals surface area contributed by atoms with E-state index in [1.807, 2.05) is 0 Å². The summed E-state index contributed by atoms with van der Waals surface area (Å²) in [5.41, 5.74) is 1.87. The topological polar surface area (TPSA) is 57.6 Å². The number of fused-ring (bicyclic) bond motifs is 1. The van der Waals surface area contributed by atoms with Crippen LogP contribution in [0.15, 0.2) is 47.4 Å². The molecule has 0 aliphatic carbocycles. The van der Waals surface area contributed by atoms with Crippen LogP contribution >= 0.6 is 0 Å². The second-order valence-electron chi connectivity index (χ2n) is 4.90. The van der Waals surface area contributed by atoms with Crippen molar-refractivity contribution in [2.45, 2.75) is 17.9 Å². The summed E-state index contributed by atoms with van der Waals surface area (Å²) in [6.07, 6.45) is 0.573. The fraction of sp³-hybridized carbons (Fsp3) is 0.200. The summed E-state index contributed by atoms with van der Waals surface area (Å²) < 4.78 is 39.9. The summed E-state index contributed by atoms with van der Waals surface area (Å²) in [6, 6.07) is 10.3. The summed E-state index contributed by atoms with van der Waals surface area (Å²) in [5.74, 6) is -0.452. The first-order valence-electron chi connectivity index (χ1n) is 6.53. The van der Waals surface area contributed by atoms with Crippen molar-refractivity contribution in [2.24, 2.45) is 0 Å². The van der Waals surface area contributed by atoms with E-state index in [0.29, 0.717) is 24.2 Å². The van der Waals surface area contributed by atoms with Gasteiger partial charge in [-0.25, -0.2) is 12.8 Å². The van der Waals surface area contributed by atoms with Gasteiger partial charge >= 0.3 is 0 Å². The lowest BCUT2D eigenvalue weighted by atomic mass is 10.2. The van der Waals surface area contributed by atoms with E-state index in [-0.39, 0.29) is 11.5 Å².